The first kappa shape index (κ1) is 15.8. The molecule has 6 rings (SSSR count). The summed E-state index contributed by atoms with van der Waals surface area (Å²) in [7, 11) is 2.06. The Balaban J connectivity index is 2.19. The SMILES string of the molecule is Cc1cc(C)c2c(c1C)c1c3c(cc[n+]1C)c(F)cc1c4ccccc4n2c13. The molecule has 6 aromatic rings. The number of fused-ring (bicyclic) bond motifs is 6. The van der Waals surface area contributed by atoms with Gasteiger partial charge >= 0.3 is 0 Å². The Morgan fingerprint density at radius 2 is 1.61 bits per heavy atom. The summed E-state index contributed by atoms with van der Waals surface area (Å²) in [5.41, 5.74) is 8.34. The Kier molecular flexibility index (Phi) is 2.82. The Morgan fingerprint density at radius 3 is 2.43 bits per heavy atom. The van der Waals surface area contributed by atoms with Gasteiger partial charge in [-0.2, -0.15) is 0 Å². The third-order valence-corrected chi connectivity index (χ3v) is 6.47. The predicted molar refractivity (Wildman–Crippen MR) is 114 cm³/mol. The van der Waals surface area contributed by atoms with E-state index in [-0.39, 0.29) is 5.82 Å². The van der Waals surface area contributed by atoms with E-state index in [9.17, 15) is 0 Å². The van der Waals surface area contributed by atoms with Crippen LogP contribution in [0.4, 0.5) is 4.39 Å². The van der Waals surface area contributed by atoms with Crippen LogP contribution in [0.2, 0.25) is 0 Å². The van der Waals surface area contributed by atoms with Crippen LogP contribution in [0, 0.1) is 26.6 Å². The number of rotatable bonds is 0. The van der Waals surface area contributed by atoms with Crippen molar-refractivity contribution in [2.24, 2.45) is 7.05 Å². The molecule has 2 nitrogen and oxygen atoms in total. The first-order valence-electron chi connectivity index (χ1n) is 9.64. The van der Waals surface area contributed by atoms with Crippen LogP contribution < -0.4 is 4.57 Å². The summed E-state index contributed by atoms with van der Waals surface area (Å²) in [6, 6.07) is 14.2. The van der Waals surface area contributed by atoms with Crippen LogP contribution in [-0.4, -0.2) is 4.40 Å². The number of para-hydroxylation sites is 1. The lowest BCUT2D eigenvalue weighted by atomic mass is 9.95. The maximum atomic E-state index is 15.2. The van der Waals surface area contributed by atoms with Crippen molar-refractivity contribution >= 4 is 49.0 Å². The molecule has 0 N–H and O–H groups in total. The van der Waals surface area contributed by atoms with Gasteiger partial charge in [0, 0.05) is 22.2 Å². The fourth-order valence-electron chi connectivity index (χ4n) is 5.13. The standard InChI is InChI=1S/C25H20FN2/c1-13-11-14(2)23-21(15(13)3)25-22-17(9-10-27(25)4)19(26)12-18-16-7-5-6-8-20(16)28(23)24(18)22/h5-12H,1-4H3/q+1. The van der Waals surface area contributed by atoms with E-state index in [0.717, 1.165) is 32.7 Å². The Hall–Kier alpha value is -3.20. The highest BCUT2D eigenvalue weighted by Gasteiger charge is 2.26. The molecule has 0 saturated carbocycles. The quantitative estimate of drug-likeness (QED) is 0.180. The van der Waals surface area contributed by atoms with Gasteiger partial charge in [0.2, 0.25) is 5.52 Å². The van der Waals surface area contributed by atoms with Gasteiger partial charge in [-0.3, -0.25) is 0 Å². The molecule has 3 aromatic carbocycles. The molecule has 0 aliphatic carbocycles. The molecule has 0 atom stereocenters. The number of aromatic nitrogens is 2. The van der Waals surface area contributed by atoms with Crippen LogP contribution in [0.15, 0.2) is 48.7 Å². The van der Waals surface area contributed by atoms with Crippen molar-refractivity contribution in [1.29, 1.82) is 0 Å². The topological polar surface area (TPSA) is 8.29 Å². The summed E-state index contributed by atoms with van der Waals surface area (Å²) < 4.78 is 19.7. The average molecular weight is 367 g/mol. The molecule has 0 aliphatic rings. The Labute approximate surface area is 161 Å². The first-order valence-corrected chi connectivity index (χ1v) is 9.64. The molecule has 28 heavy (non-hydrogen) atoms. The lowest BCUT2D eigenvalue weighted by molar-refractivity contribution is -0.643. The summed E-state index contributed by atoms with van der Waals surface area (Å²) in [6.45, 7) is 6.52. The number of aryl methyl sites for hydroxylation is 4. The van der Waals surface area contributed by atoms with Gasteiger partial charge in [0.1, 0.15) is 12.9 Å². The number of benzene rings is 3. The van der Waals surface area contributed by atoms with Gasteiger partial charge in [-0.1, -0.05) is 24.3 Å². The van der Waals surface area contributed by atoms with Crippen LogP contribution >= 0.6 is 0 Å². The summed E-state index contributed by atoms with van der Waals surface area (Å²) in [4.78, 5) is 0. The highest BCUT2D eigenvalue weighted by atomic mass is 19.1. The second-order valence-corrected chi connectivity index (χ2v) is 8.03. The van der Waals surface area contributed by atoms with Gasteiger partial charge in [0.05, 0.1) is 27.3 Å². The second kappa shape index (κ2) is 4.99. The maximum absolute atomic E-state index is 15.2. The minimum Gasteiger partial charge on any atom is -0.307 e. The third kappa shape index (κ3) is 1.66. The molecule has 0 radical (unpaired) electrons. The monoisotopic (exact) mass is 367 g/mol. The smallest absolute Gasteiger partial charge is 0.224 e. The largest absolute Gasteiger partial charge is 0.307 e. The highest BCUT2D eigenvalue weighted by molar-refractivity contribution is 6.27. The van der Waals surface area contributed by atoms with Crippen LogP contribution in [0.1, 0.15) is 16.7 Å². The second-order valence-electron chi connectivity index (χ2n) is 8.03. The van der Waals surface area contributed by atoms with E-state index in [1.54, 1.807) is 6.07 Å². The van der Waals surface area contributed by atoms with Crippen molar-refractivity contribution in [1.82, 2.24) is 4.40 Å². The van der Waals surface area contributed by atoms with Crippen LogP contribution in [0.3, 0.4) is 0 Å². The van der Waals surface area contributed by atoms with Gasteiger partial charge in [-0.15, -0.1) is 0 Å². The van der Waals surface area contributed by atoms with Crippen LogP contribution in [0.5, 0.6) is 0 Å². The van der Waals surface area contributed by atoms with Gasteiger partial charge in [-0.05, 0) is 49.6 Å². The van der Waals surface area contributed by atoms with E-state index in [1.165, 1.54) is 27.6 Å². The molecule has 0 amide bonds. The summed E-state index contributed by atoms with van der Waals surface area (Å²) in [5, 5.41) is 4.99. The van der Waals surface area contributed by atoms with E-state index < -0.39 is 0 Å². The lowest BCUT2D eigenvalue weighted by Crippen LogP contribution is -2.29. The van der Waals surface area contributed by atoms with Crippen molar-refractivity contribution in [3.8, 4) is 0 Å². The number of pyridine rings is 2. The molecule has 0 aliphatic heterocycles. The average Bonchev–Trinajstić information content (AvgIpc) is 3.00. The minimum absolute atomic E-state index is 0.155. The molecule has 0 bridgehead atoms. The zero-order chi connectivity index (χ0) is 19.3. The molecule has 3 aromatic heterocycles. The van der Waals surface area contributed by atoms with Crippen molar-refractivity contribution < 1.29 is 8.96 Å². The molecular formula is C25H20FN2+. The molecule has 0 spiro atoms. The van der Waals surface area contributed by atoms with E-state index in [1.807, 2.05) is 18.3 Å². The molecular weight excluding hydrogens is 347 g/mol. The van der Waals surface area contributed by atoms with Crippen LogP contribution in [0.25, 0.3) is 49.0 Å². The summed E-state index contributed by atoms with van der Waals surface area (Å²) in [5.74, 6) is -0.155. The summed E-state index contributed by atoms with van der Waals surface area (Å²) >= 11 is 0. The molecule has 3 heterocycles. The zero-order valence-corrected chi connectivity index (χ0v) is 16.4. The van der Waals surface area contributed by atoms with Gasteiger partial charge in [0.15, 0.2) is 6.20 Å². The Bertz CT molecular complexity index is 1600. The van der Waals surface area contributed by atoms with Crippen molar-refractivity contribution in [3.05, 3.63) is 71.2 Å². The minimum atomic E-state index is -0.155. The van der Waals surface area contributed by atoms with E-state index in [2.05, 4.69) is 61.1 Å². The molecule has 0 saturated heterocycles. The van der Waals surface area contributed by atoms with Crippen molar-refractivity contribution in [3.63, 3.8) is 0 Å². The Morgan fingerprint density at radius 1 is 0.821 bits per heavy atom. The zero-order valence-electron chi connectivity index (χ0n) is 16.4. The summed E-state index contributed by atoms with van der Waals surface area (Å²) in [6.07, 6.45) is 1.98. The van der Waals surface area contributed by atoms with Crippen molar-refractivity contribution in [2.45, 2.75) is 20.8 Å². The maximum Gasteiger partial charge on any atom is 0.224 e. The molecule has 3 heteroatoms. The fraction of sp³-hybridized carbons (Fsp3) is 0.160. The number of halogens is 1. The highest BCUT2D eigenvalue weighted by Crippen LogP contribution is 2.42. The third-order valence-electron chi connectivity index (χ3n) is 6.47. The number of hydrogen-bond acceptors (Lipinski definition) is 0. The van der Waals surface area contributed by atoms with Crippen LogP contribution in [-0.2, 0) is 7.05 Å². The number of nitrogens with zero attached hydrogens (tertiary/aromatic N) is 2. The molecule has 0 fully saturated rings. The van der Waals surface area contributed by atoms with Gasteiger partial charge in [0.25, 0.3) is 0 Å². The fourth-order valence-corrected chi connectivity index (χ4v) is 5.13. The normalized spacial score (nSPS) is 12.5. The van der Waals surface area contributed by atoms with Gasteiger partial charge in [-0.25, -0.2) is 8.96 Å². The predicted octanol–water partition coefficient (Wildman–Crippen LogP) is 5.88. The molecule has 0 unspecified atom stereocenters. The van der Waals surface area contributed by atoms with E-state index in [0.29, 0.717) is 5.39 Å². The lowest BCUT2D eigenvalue weighted by Gasteiger charge is -2.16. The molecule has 136 valence electrons. The first-order chi connectivity index (χ1) is 13.5. The number of hydrogen-bond donors (Lipinski definition) is 0. The van der Waals surface area contributed by atoms with Gasteiger partial charge < -0.3 is 4.40 Å². The van der Waals surface area contributed by atoms with Crippen molar-refractivity contribution in [2.75, 3.05) is 0 Å². The van der Waals surface area contributed by atoms with E-state index >= 15 is 4.39 Å². The van der Waals surface area contributed by atoms with E-state index in [4.69, 9.17) is 0 Å².